The predicted molar refractivity (Wildman–Crippen MR) is 110 cm³/mol. The molecule has 2 aromatic carbocycles. The van der Waals surface area contributed by atoms with E-state index in [-0.39, 0.29) is 11.4 Å². The van der Waals surface area contributed by atoms with E-state index < -0.39 is 0 Å². The lowest BCUT2D eigenvalue weighted by Gasteiger charge is -2.50. The van der Waals surface area contributed by atoms with Gasteiger partial charge in [-0.2, -0.15) is 0 Å². The molecular formula is C23H28ClFN2. The minimum Gasteiger partial charge on any atom is -0.314 e. The van der Waals surface area contributed by atoms with Gasteiger partial charge in [-0.15, -0.1) is 0 Å². The fourth-order valence-corrected chi connectivity index (χ4v) is 5.37. The number of fused-ring (bicyclic) bond motifs is 1. The summed E-state index contributed by atoms with van der Waals surface area (Å²) in [5.74, 6) is 0.117. The van der Waals surface area contributed by atoms with Crippen molar-refractivity contribution >= 4 is 11.6 Å². The summed E-state index contributed by atoms with van der Waals surface area (Å²) < 4.78 is 13.5. The zero-order valence-electron chi connectivity index (χ0n) is 16.1. The first-order valence-electron chi connectivity index (χ1n) is 10.1. The molecule has 4 heteroatoms. The van der Waals surface area contributed by atoms with Crippen molar-refractivity contribution < 1.29 is 4.39 Å². The zero-order chi connectivity index (χ0) is 19.0. The van der Waals surface area contributed by atoms with Crippen molar-refractivity contribution in [3.63, 3.8) is 0 Å². The van der Waals surface area contributed by atoms with Gasteiger partial charge in [-0.3, -0.25) is 4.90 Å². The average Bonchev–Trinajstić information content (AvgIpc) is 3.06. The van der Waals surface area contributed by atoms with Crippen molar-refractivity contribution in [1.82, 2.24) is 10.2 Å². The lowest BCUT2D eigenvalue weighted by Crippen LogP contribution is -2.61. The summed E-state index contributed by atoms with van der Waals surface area (Å²) in [6.45, 7) is 7.71. The Balaban J connectivity index is 1.76. The Kier molecular flexibility index (Phi) is 5.28. The third kappa shape index (κ3) is 3.30. The quantitative estimate of drug-likeness (QED) is 0.744. The van der Waals surface area contributed by atoms with Crippen molar-refractivity contribution in [2.45, 2.75) is 50.6 Å². The molecule has 2 atom stereocenters. The van der Waals surface area contributed by atoms with E-state index in [0.717, 1.165) is 43.9 Å². The molecule has 144 valence electrons. The van der Waals surface area contributed by atoms with Crippen LogP contribution in [0.15, 0.2) is 42.5 Å². The molecule has 1 aliphatic heterocycles. The molecule has 2 nitrogen and oxygen atoms in total. The molecule has 2 aromatic rings. The van der Waals surface area contributed by atoms with Crippen LogP contribution in [-0.2, 0) is 0 Å². The molecule has 0 saturated carbocycles. The van der Waals surface area contributed by atoms with Crippen LogP contribution in [-0.4, -0.2) is 30.1 Å². The van der Waals surface area contributed by atoms with Crippen molar-refractivity contribution in [2.24, 2.45) is 0 Å². The maximum absolute atomic E-state index is 13.5. The van der Waals surface area contributed by atoms with Crippen LogP contribution in [0.1, 0.15) is 61.8 Å². The van der Waals surface area contributed by atoms with E-state index in [1.54, 1.807) is 12.1 Å². The molecule has 27 heavy (non-hydrogen) atoms. The molecule has 1 fully saturated rings. The maximum atomic E-state index is 13.5. The Bertz CT molecular complexity index is 801. The summed E-state index contributed by atoms with van der Waals surface area (Å²) in [4.78, 5) is 2.72. The maximum Gasteiger partial charge on any atom is 0.123 e. The molecule has 1 aliphatic carbocycles. The minimum absolute atomic E-state index is 0.178. The smallest absolute Gasteiger partial charge is 0.123 e. The largest absolute Gasteiger partial charge is 0.314 e. The highest BCUT2D eigenvalue weighted by atomic mass is 35.5. The van der Waals surface area contributed by atoms with E-state index in [1.807, 2.05) is 18.2 Å². The van der Waals surface area contributed by atoms with Crippen LogP contribution < -0.4 is 5.32 Å². The van der Waals surface area contributed by atoms with Gasteiger partial charge in [-0.1, -0.05) is 43.6 Å². The van der Waals surface area contributed by atoms with Crippen molar-refractivity contribution in [1.29, 1.82) is 0 Å². The predicted octanol–water partition coefficient (Wildman–Crippen LogP) is 5.52. The highest BCUT2D eigenvalue weighted by Crippen LogP contribution is 2.50. The molecule has 0 spiro atoms. The van der Waals surface area contributed by atoms with Crippen LogP contribution in [0, 0.1) is 5.82 Å². The van der Waals surface area contributed by atoms with E-state index in [9.17, 15) is 4.39 Å². The lowest BCUT2D eigenvalue weighted by atomic mass is 9.85. The van der Waals surface area contributed by atoms with E-state index in [4.69, 9.17) is 11.6 Å². The Morgan fingerprint density at radius 2 is 1.85 bits per heavy atom. The van der Waals surface area contributed by atoms with Crippen LogP contribution in [0.4, 0.5) is 4.39 Å². The molecule has 1 N–H and O–H groups in total. The second-order valence-corrected chi connectivity index (χ2v) is 8.37. The number of benzene rings is 2. The normalized spacial score (nSPS) is 24.7. The summed E-state index contributed by atoms with van der Waals surface area (Å²) in [5.41, 5.74) is 4.07. The van der Waals surface area contributed by atoms with Crippen LogP contribution >= 0.6 is 11.6 Å². The third-order valence-corrected chi connectivity index (χ3v) is 7.03. The van der Waals surface area contributed by atoms with Crippen LogP contribution in [0.5, 0.6) is 0 Å². The van der Waals surface area contributed by atoms with E-state index in [1.165, 1.54) is 16.7 Å². The molecular weight excluding hydrogens is 359 g/mol. The Morgan fingerprint density at radius 3 is 2.56 bits per heavy atom. The number of hydrogen-bond donors (Lipinski definition) is 1. The van der Waals surface area contributed by atoms with Gasteiger partial charge in [-0.05, 0) is 60.2 Å². The monoisotopic (exact) mass is 386 g/mol. The van der Waals surface area contributed by atoms with Gasteiger partial charge in [-0.25, -0.2) is 4.39 Å². The molecule has 0 amide bonds. The molecule has 1 saturated heterocycles. The second kappa shape index (κ2) is 7.54. The molecule has 4 rings (SSSR count). The second-order valence-electron chi connectivity index (χ2n) is 7.93. The van der Waals surface area contributed by atoms with Crippen LogP contribution in [0.2, 0.25) is 5.02 Å². The number of nitrogens with one attached hydrogen (secondary N) is 1. The first kappa shape index (κ1) is 18.9. The third-order valence-electron chi connectivity index (χ3n) is 6.80. The summed E-state index contributed by atoms with van der Waals surface area (Å²) in [6, 6.07) is 13.7. The summed E-state index contributed by atoms with van der Waals surface area (Å²) in [7, 11) is 0. The van der Waals surface area contributed by atoms with Gasteiger partial charge in [0.25, 0.3) is 0 Å². The van der Waals surface area contributed by atoms with E-state index in [2.05, 4.69) is 36.2 Å². The fraction of sp³-hybridized carbons (Fsp3) is 0.478. The van der Waals surface area contributed by atoms with E-state index >= 15 is 0 Å². The molecule has 1 heterocycles. The molecule has 2 unspecified atom stereocenters. The number of piperazine rings is 1. The fourth-order valence-electron chi connectivity index (χ4n) is 5.19. The van der Waals surface area contributed by atoms with Gasteiger partial charge in [0.15, 0.2) is 0 Å². The number of nitrogens with zero attached hydrogens (tertiary/aromatic N) is 1. The molecule has 0 radical (unpaired) electrons. The van der Waals surface area contributed by atoms with Crippen LogP contribution in [0.3, 0.4) is 0 Å². The van der Waals surface area contributed by atoms with Crippen LogP contribution in [0.25, 0.3) is 0 Å². The Hall–Kier alpha value is -1.42. The first-order valence-corrected chi connectivity index (χ1v) is 10.5. The van der Waals surface area contributed by atoms with Gasteiger partial charge < -0.3 is 5.32 Å². The SMILES string of the molecule is CCC1(CC)CNCCN1C1CC(c2ccc(F)cc2)c2ccc(Cl)cc21. The summed E-state index contributed by atoms with van der Waals surface area (Å²) >= 11 is 6.40. The highest BCUT2D eigenvalue weighted by molar-refractivity contribution is 6.30. The molecule has 2 aliphatic rings. The van der Waals surface area contributed by atoms with Gasteiger partial charge >= 0.3 is 0 Å². The first-order chi connectivity index (χ1) is 13.1. The highest BCUT2D eigenvalue weighted by Gasteiger charge is 2.44. The van der Waals surface area contributed by atoms with Crippen molar-refractivity contribution in [3.8, 4) is 0 Å². The zero-order valence-corrected chi connectivity index (χ0v) is 16.9. The minimum atomic E-state index is -0.178. The molecule has 0 aromatic heterocycles. The number of hydrogen-bond acceptors (Lipinski definition) is 2. The lowest BCUT2D eigenvalue weighted by molar-refractivity contribution is 0.0111. The van der Waals surface area contributed by atoms with Gasteiger partial charge in [0.2, 0.25) is 0 Å². The topological polar surface area (TPSA) is 15.3 Å². The number of rotatable bonds is 4. The van der Waals surface area contributed by atoms with Gasteiger partial charge in [0.05, 0.1) is 0 Å². The number of halogens is 2. The van der Waals surface area contributed by atoms with Crippen molar-refractivity contribution in [2.75, 3.05) is 19.6 Å². The van der Waals surface area contributed by atoms with Gasteiger partial charge in [0.1, 0.15) is 5.82 Å². The van der Waals surface area contributed by atoms with E-state index in [0.29, 0.717) is 12.0 Å². The standard InChI is InChI=1S/C23H28ClFN2/c1-3-23(4-2)15-26-11-12-27(23)22-14-20(16-5-8-18(25)9-6-16)19-10-7-17(24)13-21(19)22/h5-10,13,20,22,26H,3-4,11-12,14-15H2,1-2H3. The molecule has 0 bridgehead atoms. The Morgan fingerprint density at radius 1 is 1.11 bits per heavy atom. The average molecular weight is 387 g/mol. The summed E-state index contributed by atoms with van der Waals surface area (Å²) in [5, 5.41) is 4.40. The Labute approximate surface area is 166 Å². The van der Waals surface area contributed by atoms with Crippen molar-refractivity contribution in [3.05, 3.63) is 70.0 Å². The summed E-state index contributed by atoms with van der Waals surface area (Å²) in [6.07, 6.45) is 3.29. The van der Waals surface area contributed by atoms with Gasteiger partial charge in [0, 0.05) is 42.2 Å².